The lowest BCUT2D eigenvalue weighted by Crippen LogP contribution is -2.59. The summed E-state index contributed by atoms with van der Waals surface area (Å²) in [7, 11) is 0. The van der Waals surface area contributed by atoms with Gasteiger partial charge in [-0.25, -0.2) is 4.98 Å². The maximum absolute atomic E-state index is 12.4. The van der Waals surface area contributed by atoms with Gasteiger partial charge in [-0.3, -0.25) is 14.6 Å². The summed E-state index contributed by atoms with van der Waals surface area (Å²) in [5, 5.41) is 3.10. The van der Waals surface area contributed by atoms with E-state index in [2.05, 4.69) is 15.3 Å². The minimum absolute atomic E-state index is 0.0167. The fourth-order valence-corrected chi connectivity index (χ4v) is 3.89. The maximum Gasteiger partial charge on any atom is 0.271 e. The van der Waals surface area contributed by atoms with Crippen molar-refractivity contribution in [3.63, 3.8) is 0 Å². The molecule has 2 aliphatic rings. The van der Waals surface area contributed by atoms with Gasteiger partial charge in [-0.2, -0.15) is 0 Å². The van der Waals surface area contributed by atoms with Gasteiger partial charge in [0.05, 0.1) is 18.0 Å². The second-order valence-electron chi connectivity index (χ2n) is 6.82. The van der Waals surface area contributed by atoms with E-state index in [9.17, 15) is 9.59 Å². The van der Waals surface area contributed by atoms with E-state index in [1.807, 2.05) is 4.90 Å². The van der Waals surface area contributed by atoms with Crippen molar-refractivity contribution in [3.05, 3.63) is 48.4 Å². The van der Waals surface area contributed by atoms with Crippen LogP contribution >= 0.6 is 0 Å². The fourth-order valence-electron chi connectivity index (χ4n) is 3.89. The molecule has 2 aromatic heterocycles. The molecule has 0 bridgehead atoms. The number of carbonyl (C=O) groups is 2. The molecule has 2 aromatic rings. The zero-order valence-electron chi connectivity index (χ0n) is 13.9. The number of piperidine rings is 1. The van der Waals surface area contributed by atoms with Crippen molar-refractivity contribution in [1.82, 2.24) is 20.2 Å². The lowest BCUT2D eigenvalue weighted by molar-refractivity contribution is -0.00242. The highest BCUT2D eigenvalue weighted by atomic mass is 16.3. The molecule has 4 rings (SSSR count). The Morgan fingerprint density at radius 2 is 2.08 bits per heavy atom. The SMILES string of the molecule is O=C(N[C@@H]1CCC12CCN(C(=O)c1ccoc1)CC2)c1cnccn1. The van der Waals surface area contributed by atoms with Crippen LogP contribution in [0.5, 0.6) is 0 Å². The lowest BCUT2D eigenvalue weighted by atomic mass is 9.59. The number of carbonyl (C=O) groups excluding carboxylic acids is 2. The predicted molar refractivity (Wildman–Crippen MR) is 88.8 cm³/mol. The smallest absolute Gasteiger partial charge is 0.271 e. The number of aromatic nitrogens is 2. The summed E-state index contributed by atoms with van der Waals surface area (Å²) in [5.41, 5.74) is 1.04. The van der Waals surface area contributed by atoms with Crippen LogP contribution in [-0.2, 0) is 0 Å². The first-order valence-electron chi connectivity index (χ1n) is 8.56. The number of likely N-dealkylation sites (tertiary alicyclic amines) is 1. The molecule has 1 aliphatic heterocycles. The van der Waals surface area contributed by atoms with Crippen LogP contribution in [0.2, 0.25) is 0 Å². The van der Waals surface area contributed by atoms with Gasteiger partial charge in [0.25, 0.3) is 11.8 Å². The van der Waals surface area contributed by atoms with Crippen LogP contribution in [0.3, 0.4) is 0 Å². The van der Waals surface area contributed by atoms with E-state index in [-0.39, 0.29) is 23.3 Å². The molecule has 1 N–H and O–H groups in total. The van der Waals surface area contributed by atoms with Crippen molar-refractivity contribution in [2.45, 2.75) is 31.7 Å². The molecule has 1 aliphatic carbocycles. The lowest BCUT2D eigenvalue weighted by Gasteiger charge is -2.54. The summed E-state index contributed by atoms with van der Waals surface area (Å²) in [5.74, 6) is -0.155. The van der Waals surface area contributed by atoms with Gasteiger partial charge in [0.1, 0.15) is 12.0 Å². The van der Waals surface area contributed by atoms with Gasteiger partial charge in [-0.1, -0.05) is 0 Å². The van der Waals surface area contributed by atoms with Crippen molar-refractivity contribution in [3.8, 4) is 0 Å². The van der Waals surface area contributed by atoms with E-state index < -0.39 is 0 Å². The summed E-state index contributed by atoms with van der Waals surface area (Å²) < 4.78 is 5.00. The Bertz CT molecular complexity index is 752. The van der Waals surface area contributed by atoms with Crippen LogP contribution in [0, 0.1) is 5.41 Å². The first-order valence-corrected chi connectivity index (χ1v) is 8.56. The Morgan fingerprint density at radius 3 is 2.68 bits per heavy atom. The van der Waals surface area contributed by atoms with E-state index in [4.69, 9.17) is 4.42 Å². The molecule has 3 heterocycles. The van der Waals surface area contributed by atoms with Crippen LogP contribution in [0.25, 0.3) is 0 Å². The molecule has 0 aromatic carbocycles. The minimum atomic E-state index is -0.172. The van der Waals surface area contributed by atoms with Crippen LogP contribution in [0.4, 0.5) is 0 Å². The van der Waals surface area contributed by atoms with E-state index in [1.54, 1.807) is 12.3 Å². The van der Waals surface area contributed by atoms with Gasteiger partial charge in [0.2, 0.25) is 0 Å². The van der Waals surface area contributed by atoms with Gasteiger partial charge in [0, 0.05) is 31.5 Å². The topological polar surface area (TPSA) is 88.3 Å². The average molecular weight is 340 g/mol. The zero-order chi connectivity index (χ0) is 17.3. The molecule has 0 unspecified atom stereocenters. The Balaban J connectivity index is 1.36. The third-order valence-corrected chi connectivity index (χ3v) is 5.59. The monoisotopic (exact) mass is 340 g/mol. The first kappa shape index (κ1) is 15.8. The largest absolute Gasteiger partial charge is 0.472 e. The molecule has 25 heavy (non-hydrogen) atoms. The van der Waals surface area contributed by atoms with Crippen LogP contribution < -0.4 is 5.32 Å². The van der Waals surface area contributed by atoms with Crippen molar-refractivity contribution >= 4 is 11.8 Å². The summed E-state index contributed by atoms with van der Waals surface area (Å²) in [4.78, 5) is 34.6. The number of hydrogen-bond donors (Lipinski definition) is 1. The molecular formula is C18H20N4O3. The van der Waals surface area contributed by atoms with Crippen LogP contribution in [-0.4, -0.2) is 45.8 Å². The highest BCUT2D eigenvalue weighted by Crippen LogP contribution is 2.49. The van der Waals surface area contributed by atoms with Gasteiger partial charge in [-0.05, 0) is 37.2 Å². The normalized spacial score (nSPS) is 21.6. The number of nitrogens with zero attached hydrogens (tertiary/aromatic N) is 3. The second-order valence-corrected chi connectivity index (χ2v) is 6.82. The Labute approximate surface area is 145 Å². The van der Waals surface area contributed by atoms with Gasteiger partial charge < -0.3 is 14.6 Å². The summed E-state index contributed by atoms with van der Waals surface area (Å²) in [6.07, 6.45) is 11.4. The molecule has 130 valence electrons. The highest BCUT2D eigenvalue weighted by Gasteiger charge is 2.49. The average Bonchev–Trinajstić information content (AvgIpc) is 3.20. The molecule has 1 atom stereocenters. The third-order valence-electron chi connectivity index (χ3n) is 5.59. The number of furan rings is 1. The molecule has 7 heteroatoms. The molecule has 1 saturated carbocycles. The quantitative estimate of drug-likeness (QED) is 0.922. The number of amides is 2. The van der Waals surface area contributed by atoms with Crippen molar-refractivity contribution in [2.75, 3.05) is 13.1 Å². The predicted octanol–water partition coefficient (Wildman–Crippen LogP) is 1.88. The molecule has 7 nitrogen and oxygen atoms in total. The number of hydrogen-bond acceptors (Lipinski definition) is 5. The van der Waals surface area contributed by atoms with Gasteiger partial charge >= 0.3 is 0 Å². The number of nitrogens with one attached hydrogen (secondary N) is 1. The molecule has 2 fully saturated rings. The van der Waals surface area contributed by atoms with Gasteiger partial charge in [0.15, 0.2) is 0 Å². The summed E-state index contributed by atoms with van der Waals surface area (Å²) >= 11 is 0. The molecule has 2 amide bonds. The summed E-state index contributed by atoms with van der Waals surface area (Å²) in [6.45, 7) is 1.42. The zero-order valence-corrected chi connectivity index (χ0v) is 13.9. The van der Waals surface area contributed by atoms with E-state index in [0.717, 1.165) is 25.7 Å². The second kappa shape index (κ2) is 6.31. The molecular weight excluding hydrogens is 320 g/mol. The van der Waals surface area contributed by atoms with E-state index in [0.29, 0.717) is 24.3 Å². The molecule has 0 radical (unpaired) electrons. The minimum Gasteiger partial charge on any atom is -0.472 e. The Morgan fingerprint density at radius 1 is 1.24 bits per heavy atom. The van der Waals surface area contributed by atoms with Crippen LogP contribution in [0.1, 0.15) is 46.5 Å². The molecule has 1 saturated heterocycles. The van der Waals surface area contributed by atoms with Crippen LogP contribution in [0.15, 0.2) is 41.6 Å². The van der Waals surface area contributed by atoms with E-state index in [1.165, 1.54) is 24.9 Å². The van der Waals surface area contributed by atoms with Gasteiger partial charge in [-0.15, -0.1) is 0 Å². The van der Waals surface area contributed by atoms with E-state index >= 15 is 0 Å². The summed E-state index contributed by atoms with van der Waals surface area (Å²) in [6, 6.07) is 1.84. The maximum atomic E-state index is 12.4. The highest BCUT2D eigenvalue weighted by molar-refractivity contribution is 5.94. The fraction of sp³-hybridized carbons (Fsp3) is 0.444. The standard InChI is InChI=1S/C18H20N4O3/c23-16(14-11-19-6-7-20-14)21-15-1-3-18(15)4-8-22(9-5-18)17(24)13-2-10-25-12-13/h2,6-7,10-12,15H,1,3-5,8-9H2,(H,21,23)/t15-/m1/s1. The van der Waals surface area contributed by atoms with Crippen molar-refractivity contribution in [1.29, 1.82) is 0 Å². The third kappa shape index (κ3) is 2.90. The van der Waals surface area contributed by atoms with Crippen molar-refractivity contribution in [2.24, 2.45) is 5.41 Å². The number of rotatable bonds is 3. The Kier molecular flexibility index (Phi) is 3.99. The first-order chi connectivity index (χ1) is 12.2. The van der Waals surface area contributed by atoms with Crippen molar-refractivity contribution < 1.29 is 14.0 Å². The molecule has 1 spiro atoms. The Hall–Kier alpha value is -2.70.